The maximum atomic E-state index is 11.9. The number of amides is 1. The van der Waals surface area contributed by atoms with Gasteiger partial charge in [-0.1, -0.05) is 35.5 Å². The highest BCUT2D eigenvalue weighted by Gasteiger charge is 2.47. The third-order valence-electron chi connectivity index (χ3n) is 6.93. The summed E-state index contributed by atoms with van der Waals surface area (Å²) in [7, 11) is 0. The molecule has 1 spiro atoms. The van der Waals surface area contributed by atoms with Crippen LogP contribution in [-0.4, -0.2) is 40.0 Å². The van der Waals surface area contributed by atoms with E-state index in [4.69, 9.17) is 34.5 Å². The Kier molecular flexibility index (Phi) is 5.75. The molecular weight excluding hydrogens is 472 g/mol. The molecule has 176 valence electrons. The maximum Gasteiger partial charge on any atom is 0.248 e. The Bertz CT molecular complexity index is 1280. The first-order valence-electron chi connectivity index (χ1n) is 10.9. The maximum absolute atomic E-state index is 11.9. The van der Waals surface area contributed by atoms with E-state index in [0.29, 0.717) is 32.7 Å². The molecule has 2 aromatic heterocycles. The minimum Gasteiger partial charge on any atom is -0.382 e. The summed E-state index contributed by atoms with van der Waals surface area (Å²) in [6.45, 7) is 1.50. The summed E-state index contributed by atoms with van der Waals surface area (Å²) in [5, 5.41) is 0.919. The molecule has 1 aromatic carbocycles. The average Bonchev–Trinajstić information content (AvgIpc) is 3.09. The van der Waals surface area contributed by atoms with Gasteiger partial charge in [-0.05, 0) is 42.5 Å². The van der Waals surface area contributed by atoms with E-state index in [0.717, 1.165) is 42.9 Å². The van der Waals surface area contributed by atoms with Gasteiger partial charge in [0.15, 0.2) is 5.82 Å². The van der Waals surface area contributed by atoms with E-state index in [1.165, 1.54) is 11.8 Å². The number of hydrogen-bond donors (Lipinski definition) is 4. The van der Waals surface area contributed by atoms with Crippen molar-refractivity contribution in [1.29, 1.82) is 0 Å². The highest BCUT2D eigenvalue weighted by molar-refractivity contribution is 7.99. The molecule has 1 fully saturated rings. The molecule has 0 bridgehead atoms. The van der Waals surface area contributed by atoms with Crippen molar-refractivity contribution >= 4 is 46.7 Å². The number of carbonyl (C=O) groups is 1. The smallest absolute Gasteiger partial charge is 0.248 e. The largest absolute Gasteiger partial charge is 0.382 e. The normalized spacial score (nSPS) is 18.8. The van der Waals surface area contributed by atoms with Crippen LogP contribution in [0.5, 0.6) is 0 Å². The molecular formula is C23H25ClN8OS. The van der Waals surface area contributed by atoms with E-state index in [-0.39, 0.29) is 17.3 Å². The van der Waals surface area contributed by atoms with Crippen molar-refractivity contribution in [3.63, 3.8) is 0 Å². The molecule has 8 N–H and O–H groups in total. The monoisotopic (exact) mass is 496 g/mol. The Morgan fingerprint density at radius 2 is 1.91 bits per heavy atom. The van der Waals surface area contributed by atoms with Crippen LogP contribution < -0.4 is 27.8 Å². The second-order valence-electron chi connectivity index (χ2n) is 8.68. The number of halogens is 1. The minimum atomic E-state index is -0.405. The van der Waals surface area contributed by atoms with Crippen LogP contribution in [-0.2, 0) is 11.8 Å². The fourth-order valence-electron chi connectivity index (χ4n) is 5.13. The number of benzene rings is 1. The summed E-state index contributed by atoms with van der Waals surface area (Å²) >= 11 is 7.54. The molecule has 2 aliphatic rings. The highest BCUT2D eigenvalue weighted by Crippen LogP contribution is 2.47. The van der Waals surface area contributed by atoms with Crippen molar-refractivity contribution in [1.82, 2.24) is 15.0 Å². The molecule has 3 heterocycles. The van der Waals surface area contributed by atoms with E-state index in [9.17, 15) is 4.79 Å². The van der Waals surface area contributed by atoms with Crippen molar-refractivity contribution in [2.75, 3.05) is 29.5 Å². The number of anilines is 3. The summed E-state index contributed by atoms with van der Waals surface area (Å²) in [6, 6.07) is 7.47. The highest BCUT2D eigenvalue weighted by atomic mass is 35.5. The van der Waals surface area contributed by atoms with Crippen LogP contribution in [0.4, 0.5) is 17.5 Å². The Balaban J connectivity index is 1.34. The third kappa shape index (κ3) is 3.71. The lowest BCUT2D eigenvalue weighted by Crippen LogP contribution is -2.50. The van der Waals surface area contributed by atoms with Crippen LogP contribution in [0.15, 0.2) is 46.6 Å². The van der Waals surface area contributed by atoms with Crippen molar-refractivity contribution in [3.05, 3.63) is 58.4 Å². The second-order valence-corrected chi connectivity index (χ2v) is 10.1. The van der Waals surface area contributed by atoms with Crippen molar-refractivity contribution in [2.45, 2.75) is 40.6 Å². The molecule has 5 rings (SSSR count). The number of rotatable bonds is 4. The molecule has 1 aliphatic heterocycles. The van der Waals surface area contributed by atoms with Gasteiger partial charge in [0.1, 0.15) is 16.7 Å². The van der Waals surface area contributed by atoms with Crippen molar-refractivity contribution in [2.24, 2.45) is 11.5 Å². The number of hydrogen-bond acceptors (Lipinski definition) is 9. The van der Waals surface area contributed by atoms with E-state index in [2.05, 4.69) is 25.9 Å². The van der Waals surface area contributed by atoms with Gasteiger partial charge in [0.05, 0.1) is 11.2 Å². The fraction of sp³-hybridized carbons (Fsp3) is 0.304. The molecule has 1 atom stereocenters. The number of nitrogens with two attached hydrogens (primary N) is 4. The zero-order chi connectivity index (χ0) is 24.0. The number of pyridine rings is 1. The molecule has 0 saturated carbocycles. The molecule has 11 heteroatoms. The van der Waals surface area contributed by atoms with Gasteiger partial charge in [-0.2, -0.15) is 0 Å². The van der Waals surface area contributed by atoms with Gasteiger partial charge in [-0.3, -0.25) is 4.79 Å². The standard InChI is InChI=1S/C23H25ClN8OS/c24-18-15(4-7-29-19(18)26)34-22-20(27)31-17(11-30-22)32-8-5-23(6-9-32)14-3-1-2-12(21(28)33)13(14)10-16(23)25/h1-4,7,11,16H,5-6,8-10,25H2,(H2,26,29)(H2,27,31)(H2,28,33). The van der Waals surface area contributed by atoms with Gasteiger partial charge >= 0.3 is 0 Å². The zero-order valence-corrected chi connectivity index (χ0v) is 19.9. The Labute approximate surface area is 206 Å². The Morgan fingerprint density at radius 1 is 1.15 bits per heavy atom. The average molecular weight is 497 g/mol. The van der Waals surface area contributed by atoms with Crippen LogP contribution in [0.3, 0.4) is 0 Å². The lowest BCUT2D eigenvalue weighted by Gasteiger charge is -2.43. The Hall–Kier alpha value is -3.08. The number of nitrogen functional groups attached to an aromatic ring is 2. The molecule has 1 unspecified atom stereocenters. The molecule has 34 heavy (non-hydrogen) atoms. The number of nitrogens with zero attached hydrogens (tertiary/aromatic N) is 4. The van der Waals surface area contributed by atoms with Crippen LogP contribution in [0.2, 0.25) is 5.02 Å². The van der Waals surface area contributed by atoms with Crippen molar-refractivity contribution < 1.29 is 4.79 Å². The summed E-state index contributed by atoms with van der Waals surface area (Å²) in [5.41, 5.74) is 26.8. The van der Waals surface area contributed by atoms with E-state index >= 15 is 0 Å². The predicted molar refractivity (Wildman–Crippen MR) is 134 cm³/mol. The quantitative estimate of drug-likeness (QED) is 0.424. The van der Waals surface area contributed by atoms with Gasteiger partial charge in [0, 0.05) is 41.2 Å². The number of piperidine rings is 1. The predicted octanol–water partition coefficient (Wildman–Crippen LogP) is 2.36. The first-order chi connectivity index (χ1) is 16.3. The summed E-state index contributed by atoms with van der Waals surface area (Å²) in [6.07, 6.45) is 5.65. The number of aromatic nitrogens is 3. The van der Waals surface area contributed by atoms with Crippen LogP contribution in [0, 0.1) is 0 Å². The summed E-state index contributed by atoms with van der Waals surface area (Å²) < 4.78 is 0. The molecule has 0 radical (unpaired) electrons. The SMILES string of the molecule is NC(=O)c1cccc2c1CC(N)C21CCN(c2cnc(Sc3ccnc(N)c3Cl)c(N)n2)CC1. The lowest BCUT2D eigenvalue weighted by molar-refractivity contribution is 0.0999. The van der Waals surface area contributed by atoms with Gasteiger partial charge in [-0.15, -0.1) is 0 Å². The molecule has 9 nitrogen and oxygen atoms in total. The zero-order valence-electron chi connectivity index (χ0n) is 18.4. The van der Waals surface area contributed by atoms with Gasteiger partial charge in [-0.25, -0.2) is 15.0 Å². The molecule has 3 aromatic rings. The van der Waals surface area contributed by atoms with Gasteiger partial charge < -0.3 is 27.8 Å². The third-order valence-corrected chi connectivity index (χ3v) is 8.51. The van der Waals surface area contributed by atoms with Crippen LogP contribution in [0.25, 0.3) is 0 Å². The minimum absolute atomic E-state index is 0.0578. The summed E-state index contributed by atoms with van der Waals surface area (Å²) in [4.78, 5) is 27.9. The van der Waals surface area contributed by atoms with E-state index < -0.39 is 5.91 Å². The first-order valence-corrected chi connectivity index (χ1v) is 12.1. The molecule has 1 amide bonds. The Morgan fingerprint density at radius 3 is 2.62 bits per heavy atom. The first kappa shape index (κ1) is 22.7. The van der Waals surface area contributed by atoms with Crippen LogP contribution >= 0.6 is 23.4 Å². The van der Waals surface area contributed by atoms with E-state index in [1.54, 1.807) is 24.5 Å². The second kappa shape index (κ2) is 8.61. The van der Waals surface area contributed by atoms with Crippen LogP contribution in [0.1, 0.15) is 34.3 Å². The molecule has 1 saturated heterocycles. The topological polar surface area (TPSA) is 163 Å². The van der Waals surface area contributed by atoms with Crippen molar-refractivity contribution in [3.8, 4) is 0 Å². The van der Waals surface area contributed by atoms with Gasteiger partial charge in [0.2, 0.25) is 5.91 Å². The molecule has 1 aliphatic carbocycles. The van der Waals surface area contributed by atoms with E-state index in [1.807, 2.05) is 6.07 Å². The van der Waals surface area contributed by atoms with Gasteiger partial charge in [0.25, 0.3) is 0 Å². The fourth-order valence-corrected chi connectivity index (χ4v) is 6.15. The summed E-state index contributed by atoms with van der Waals surface area (Å²) in [5.74, 6) is 0.891. The lowest BCUT2D eigenvalue weighted by atomic mass is 9.71. The number of fused-ring (bicyclic) bond motifs is 2. The number of carbonyl (C=O) groups excluding carboxylic acids is 1. The number of primary amides is 1.